The highest BCUT2D eigenvalue weighted by Crippen LogP contribution is 2.32. The molecule has 38 heavy (non-hydrogen) atoms. The lowest BCUT2D eigenvalue weighted by molar-refractivity contribution is -0.143. The number of H-pyrrole nitrogens is 2. The predicted octanol–water partition coefficient (Wildman–Crippen LogP) is 1.67. The Hall–Kier alpha value is -3.96. The van der Waals surface area contributed by atoms with E-state index in [4.69, 9.17) is 15.9 Å². The number of amides is 2. The molecule has 2 heterocycles. The largest absolute Gasteiger partial charge is 0.467 e. The zero-order valence-corrected chi connectivity index (χ0v) is 23.3. The highest BCUT2D eigenvalue weighted by Gasteiger charge is 2.29. The fourth-order valence-electron chi connectivity index (χ4n) is 3.47. The van der Waals surface area contributed by atoms with Crippen molar-refractivity contribution in [2.75, 3.05) is 14.2 Å². The van der Waals surface area contributed by atoms with Crippen LogP contribution in [-0.4, -0.2) is 70.0 Å². The van der Waals surface area contributed by atoms with Crippen molar-refractivity contribution in [1.29, 1.82) is 0 Å². The van der Waals surface area contributed by atoms with Crippen LogP contribution in [-0.2, 0) is 31.9 Å². The van der Waals surface area contributed by atoms with Crippen LogP contribution in [0.5, 0.6) is 0 Å². The van der Waals surface area contributed by atoms with Crippen LogP contribution in [0.4, 0.5) is 0 Å². The smallest absolute Gasteiger partial charge is 0.328 e. The highest BCUT2D eigenvalue weighted by atomic mass is 79.9. The van der Waals surface area contributed by atoms with E-state index in [1.54, 1.807) is 0 Å². The van der Waals surface area contributed by atoms with Gasteiger partial charge in [0.25, 0.3) is 11.8 Å². The van der Waals surface area contributed by atoms with Gasteiger partial charge in [0, 0.05) is 45.6 Å². The molecule has 4 N–H and O–H groups in total. The summed E-state index contributed by atoms with van der Waals surface area (Å²) in [5, 5.41) is 5.21. The van der Waals surface area contributed by atoms with Crippen LogP contribution in [0.15, 0.2) is 40.1 Å². The van der Waals surface area contributed by atoms with E-state index in [9.17, 15) is 19.2 Å². The van der Waals surface area contributed by atoms with Crippen LogP contribution in [0.1, 0.15) is 37.7 Å². The number of halogens is 2. The minimum absolute atomic E-state index is 0.0204. The number of hydrogen-bond acceptors (Lipinski definition) is 8. The first-order chi connectivity index (χ1) is 18.2. The monoisotopic (exact) mass is 648 g/mol. The fourth-order valence-corrected chi connectivity index (χ4v) is 4.95. The zero-order chi connectivity index (χ0) is 27.8. The second kappa shape index (κ2) is 13.0. The Morgan fingerprint density at radius 1 is 0.895 bits per heavy atom. The summed E-state index contributed by atoms with van der Waals surface area (Å²) in [6, 6.07) is -0.837. The van der Waals surface area contributed by atoms with E-state index >= 15 is 0 Å². The van der Waals surface area contributed by atoms with Crippen molar-refractivity contribution in [3.63, 3.8) is 0 Å². The quantitative estimate of drug-likeness (QED) is 0.190. The van der Waals surface area contributed by atoms with Gasteiger partial charge in [-0.15, -0.1) is 6.42 Å². The summed E-state index contributed by atoms with van der Waals surface area (Å²) in [5.74, 6) is -0.335. The number of imidazole rings is 2. The number of aromatic nitrogens is 4. The van der Waals surface area contributed by atoms with Crippen LogP contribution in [0.25, 0.3) is 0 Å². The molecule has 0 bridgehead atoms. The summed E-state index contributed by atoms with van der Waals surface area (Å²) < 4.78 is 10.1. The molecular formula is C24H22Br2N6O6. The Kier molecular flexibility index (Phi) is 9.80. The first-order valence-electron chi connectivity index (χ1n) is 10.9. The molecule has 12 nitrogen and oxygen atoms in total. The van der Waals surface area contributed by atoms with Gasteiger partial charge < -0.3 is 30.1 Å². The number of nitrogens with one attached hydrogen (secondary N) is 4. The molecule has 2 amide bonds. The van der Waals surface area contributed by atoms with Gasteiger partial charge in [-0.3, -0.25) is 9.59 Å². The van der Waals surface area contributed by atoms with Gasteiger partial charge >= 0.3 is 11.9 Å². The van der Waals surface area contributed by atoms with E-state index in [1.807, 2.05) is 0 Å². The number of nitrogens with zero attached hydrogens (tertiary/aromatic N) is 2. The Labute approximate surface area is 233 Å². The van der Waals surface area contributed by atoms with Gasteiger partial charge in [0.1, 0.15) is 12.1 Å². The van der Waals surface area contributed by atoms with Gasteiger partial charge in [-0.1, -0.05) is 5.92 Å². The Balaban J connectivity index is 1.93. The predicted molar refractivity (Wildman–Crippen MR) is 141 cm³/mol. The standard InChI is InChI=1S/C24H22Br2N6O6/c1-4-14-19(25)15(21(33)31-17(23(35)37-2)5-12-8-27-10-29-12)7-16(20(14)26)22(34)32-18(24(36)38-3)6-13-9-28-11-30-13/h1,7-11,17-18H,5-6H2,2-3H3,(H,27,29)(H,28,30)(H,31,33)(H,32,34)/t17-,18+. The summed E-state index contributed by atoms with van der Waals surface area (Å²) in [6.45, 7) is 0. The molecule has 198 valence electrons. The first-order valence-corrected chi connectivity index (χ1v) is 12.5. The van der Waals surface area contributed by atoms with Gasteiger partial charge in [-0.05, 0) is 37.9 Å². The number of esters is 2. The Morgan fingerprint density at radius 3 is 1.63 bits per heavy atom. The molecule has 0 unspecified atom stereocenters. The van der Waals surface area contributed by atoms with E-state index in [0.29, 0.717) is 11.4 Å². The van der Waals surface area contributed by atoms with Gasteiger partial charge in [0.2, 0.25) is 0 Å². The molecule has 0 fully saturated rings. The van der Waals surface area contributed by atoms with Crippen molar-refractivity contribution in [3.05, 3.63) is 68.1 Å². The molecule has 0 aliphatic carbocycles. The van der Waals surface area contributed by atoms with Crippen molar-refractivity contribution >= 4 is 55.6 Å². The minimum Gasteiger partial charge on any atom is -0.467 e. The average Bonchev–Trinajstić information content (AvgIpc) is 3.61. The number of carbonyl (C=O) groups excluding carboxylic acids is 4. The molecule has 1 aromatic carbocycles. The summed E-state index contributed by atoms with van der Waals surface area (Å²) >= 11 is 6.65. The second-order valence-corrected chi connectivity index (χ2v) is 9.37. The van der Waals surface area contributed by atoms with Crippen molar-refractivity contribution in [3.8, 4) is 12.3 Å². The van der Waals surface area contributed by atoms with E-state index in [1.165, 1.54) is 45.3 Å². The maximum absolute atomic E-state index is 13.3. The van der Waals surface area contributed by atoms with Crippen LogP contribution >= 0.6 is 31.9 Å². The summed E-state index contributed by atoms with van der Waals surface area (Å²) in [6.07, 6.45) is 11.7. The molecule has 2 atom stereocenters. The number of carbonyl (C=O) groups is 4. The lowest BCUT2D eigenvalue weighted by Gasteiger charge is -2.19. The van der Waals surface area contributed by atoms with E-state index < -0.39 is 35.8 Å². The molecule has 0 aliphatic rings. The van der Waals surface area contributed by atoms with Crippen molar-refractivity contribution < 1.29 is 28.7 Å². The number of aromatic amines is 2. The molecule has 14 heteroatoms. The van der Waals surface area contributed by atoms with Crippen LogP contribution in [0.2, 0.25) is 0 Å². The van der Waals surface area contributed by atoms with Gasteiger partial charge in [0.05, 0.1) is 43.6 Å². The maximum atomic E-state index is 13.3. The molecular weight excluding hydrogens is 628 g/mol. The van der Waals surface area contributed by atoms with E-state index in [0.717, 1.165) is 0 Å². The topological polar surface area (TPSA) is 168 Å². The Bertz CT molecular complexity index is 1270. The molecule has 0 radical (unpaired) electrons. The number of rotatable bonds is 10. The number of methoxy groups -OCH3 is 2. The molecule has 2 aromatic heterocycles. The summed E-state index contributed by atoms with van der Waals surface area (Å²) in [4.78, 5) is 64.8. The number of terminal acetylenes is 1. The first kappa shape index (κ1) is 28.6. The molecule has 0 aliphatic heterocycles. The third-order valence-corrected chi connectivity index (χ3v) is 7.02. The van der Waals surface area contributed by atoms with E-state index in [2.05, 4.69) is 68.3 Å². The van der Waals surface area contributed by atoms with Gasteiger partial charge in [0.15, 0.2) is 0 Å². The summed E-state index contributed by atoms with van der Waals surface area (Å²) in [5.41, 5.74) is 1.31. The highest BCUT2D eigenvalue weighted by molar-refractivity contribution is 9.11. The second-order valence-electron chi connectivity index (χ2n) is 7.78. The normalized spacial score (nSPS) is 12.1. The molecule has 3 rings (SSSR count). The van der Waals surface area contributed by atoms with Crippen LogP contribution in [0.3, 0.4) is 0 Å². The minimum atomic E-state index is -1.06. The average molecular weight is 650 g/mol. The SMILES string of the molecule is C#Cc1c(Br)c(C(=O)N[C@@H](Cc2cnc[nH]2)C(=O)OC)cc(C(=O)N[C@H](Cc2cnc[nH]2)C(=O)OC)c1Br. The maximum Gasteiger partial charge on any atom is 0.328 e. The molecule has 0 saturated heterocycles. The van der Waals surface area contributed by atoms with Gasteiger partial charge in [-0.2, -0.15) is 0 Å². The molecule has 0 spiro atoms. The number of hydrogen-bond donors (Lipinski definition) is 4. The van der Waals surface area contributed by atoms with Crippen LogP contribution < -0.4 is 10.6 Å². The fraction of sp³-hybridized carbons (Fsp3) is 0.250. The lowest BCUT2D eigenvalue weighted by atomic mass is 10.0. The third kappa shape index (κ3) is 6.67. The van der Waals surface area contributed by atoms with Crippen molar-refractivity contribution in [1.82, 2.24) is 30.6 Å². The van der Waals surface area contributed by atoms with Crippen molar-refractivity contribution in [2.45, 2.75) is 24.9 Å². The van der Waals surface area contributed by atoms with Gasteiger partial charge in [-0.25, -0.2) is 19.6 Å². The lowest BCUT2D eigenvalue weighted by Crippen LogP contribution is -2.44. The molecule has 0 saturated carbocycles. The number of ether oxygens (including phenoxy) is 2. The van der Waals surface area contributed by atoms with Crippen molar-refractivity contribution in [2.24, 2.45) is 0 Å². The third-order valence-electron chi connectivity index (χ3n) is 5.37. The Morgan fingerprint density at radius 2 is 1.32 bits per heavy atom. The van der Waals surface area contributed by atoms with E-state index in [-0.39, 0.29) is 38.5 Å². The van der Waals surface area contributed by atoms with Crippen LogP contribution in [0, 0.1) is 12.3 Å². The summed E-state index contributed by atoms with van der Waals surface area (Å²) in [7, 11) is 2.40. The zero-order valence-electron chi connectivity index (χ0n) is 20.1. The number of benzene rings is 1. The molecule has 3 aromatic rings.